The number of ether oxygens (including phenoxy) is 2. The average molecular weight is 406 g/mol. The van der Waals surface area contributed by atoms with Gasteiger partial charge in [-0.25, -0.2) is 8.42 Å². The Labute approximate surface area is 161 Å². The summed E-state index contributed by atoms with van der Waals surface area (Å²) in [7, 11) is 0.894. The van der Waals surface area contributed by atoms with Gasteiger partial charge in [0.2, 0.25) is 0 Å². The van der Waals surface area contributed by atoms with E-state index in [0.717, 1.165) is 10.1 Å². The van der Waals surface area contributed by atoms with Crippen molar-refractivity contribution in [1.29, 1.82) is 0 Å². The number of benzene rings is 2. The van der Waals surface area contributed by atoms with Gasteiger partial charge in [-0.3, -0.25) is 4.72 Å². The highest BCUT2D eigenvalue weighted by molar-refractivity contribution is 7.99. The Morgan fingerprint density at radius 1 is 1.07 bits per heavy atom. The van der Waals surface area contributed by atoms with Gasteiger partial charge < -0.3 is 14.0 Å². The molecule has 0 aliphatic rings. The van der Waals surface area contributed by atoms with Gasteiger partial charge in [0, 0.05) is 23.7 Å². The highest BCUT2D eigenvalue weighted by Crippen LogP contribution is 2.31. The summed E-state index contributed by atoms with van der Waals surface area (Å²) in [5.41, 5.74) is 0.433. The first-order valence-corrected chi connectivity index (χ1v) is 10.1. The summed E-state index contributed by atoms with van der Waals surface area (Å²) >= 11 is 1.43. The number of sulfonamides is 1. The third kappa shape index (κ3) is 4.34. The summed E-state index contributed by atoms with van der Waals surface area (Å²) in [5, 5.41) is 8.57. The normalized spacial score (nSPS) is 11.2. The van der Waals surface area contributed by atoms with Crippen molar-refractivity contribution in [2.24, 2.45) is 7.05 Å². The lowest BCUT2D eigenvalue weighted by molar-refractivity contribution is 0.392. The Kier molecular flexibility index (Phi) is 5.57. The Balaban J connectivity index is 1.81. The van der Waals surface area contributed by atoms with Crippen LogP contribution in [0.25, 0.3) is 0 Å². The number of nitrogens with one attached hydrogen (secondary N) is 1. The molecule has 0 aliphatic carbocycles. The Hall–Kier alpha value is -2.72. The Morgan fingerprint density at radius 2 is 1.81 bits per heavy atom. The number of anilines is 1. The van der Waals surface area contributed by atoms with E-state index in [9.17, 15) is 8.42 Å². The van der Waals surface area contributed by atoms with Crippen LogP contribution in [-0.2, 0) is 17.1 Å². The molecule has 0 fully saturated rings. The molecular formula is C17H18N4O4S2. The minimum Gasteiger partial charge on any atom is -0.497 e. The SMILES string of the molecule is COc1ccc(OC)c(S(=O)(=O)Nc2ccc(Sc3nncn3C)cc2)c1. The number of nitrogens with zero attached hydrogens (tertiary/aromatic N) is 3. The van der Waals surface area contributed by atoms with Crippen molar-refractivity contribution in [3.63, 3.8) is 0 Å². The molecule has 3 aromatic rings. The fourth-order valence-corrected chi connectivity index (χ4v) is 4.27. The first-order valence-electron chi connectivity index (χ1n) is 7.79. The third-order valence-corrected chi connectivity index (χ3v) is 6.11. The first kappa shape index (κ1) is 19.1. The minimum atomic E-state index is -3.85. The van der Waals surface area contributed by atoms with Gasteiger partial charge in [-0.15, -0.1) is 10.2 Å². The van der Waals surface area contributed by atoms with E-state index in [1.807, 2.05) is 7.05 Å². The average Bonchev–Trinajstić information content (AvgIpc) is 3.07. The Morgan fingerprint density at radius 3 is 2.41 bits per heavy atom. The van der Waals surface area contributed by atoms with Crippen LogP contribution in [0.5, 0.6) is 11.5 Å². The highest BCUT2D eigenvalue weighted by atomic mass is 32.2. The lowest BCUT2D eigenvalue weighted by Crippen LogP contribution is -2.14. The monoisotopic (exact) mass is 406 g/mol. The van der Waals surface area contributed by atoms with E-state index >= 15 is 0 Å². The molecule has 1 N–H and O–H groups in total. The van der Waals surface area contributed by atoms with Crippen LogP contribution < -0.4 is 14.2 Å². The van der Waals surface area contributed by atoms with Crippen LogP contribution in [0.2, 0.25) is 0 Å². The molecule has 142 valence electrons. The highest BCUT2D eigenvalue weighted by Gasteiger charge is 2.21. The van der Waals surface area contributed by atoms with Gasteiger partial charge in [-0.1, -0.05) is 0 Å². The summed E-state index contributed by atoms with van der Waals surface area (Å²) in [5.74, 6) is 0.657. The van der Waals surface area contributed by atoms with E-state index in [4.69, 9.17) is 9.47 Å². The van der Waals surface area contributed by atoms with Crippen molar-refractivity contribution in [1.82, 2.24) is 14.8 Å². The molecule has 0 unspecified atom stereocenters. The number of rotatable bonds is 7. The standard InChI is InChI=1S/C17H18N4O4S2/c1-21-11-18-19-17(21)26-14-7-4-12(5-8-14)20-27(22,23)16-10-13(24-2)6-9-15(16)25-3/h4-11,20H,1-3H3. The van der Waals surface area contributed by atoms with Crippen molar-refractivity contribution in [3.05, 3.63) is 48.8 Å². The maximum Gasteiger partial charge on any atom is 0.265 e. The first-order chi connectivity index (χ1) is 12.9. The summed E-state index contributed by atoms with van der Waals surface area (Å²) < 4.78 is 40.2. The molecule has 0 aliphatic heterocycles. The molecule has 0 atom stereocenters. The number of aromatic nitrogens is 3. The third-order valence-electron chi connectivity index (χ3n) is 3.65. The van der Waals surface area contributed by atoms with Crippen molar-refractivity contribution in [3.8, 4) is 11.5 Å². The molecule has 0 saturated carbocycles. The lowest BCUT2D eigenvalue weighted by Gasteiger charge is -2.13. The van der Waals surface area contributed by atoms with Gasteiger partial charge >= 0.3 is 0 Å². The van der Waals surface area contributed by atoms with E-state index in [-0.39, 0.29) is 10.6 Å². The molecule has 0 radical (unpaired) electrons. The second kappa shape index (κ2) is 7.89. The summed E-state index contributed by atoms with van der Waals surface area (Å²) in [6.45, 7) is 0. The van der Waals surface area contributed by atoms with E-state index < -0.39 is 10.0 Å². The zero-order valence-corrected chi connectivity index (χ0v) is 16.5. The van der Waals surface area contributed by atoms with Crippen LogP contribution >= 0.6 is 11.8 Å². The predicted molar refractivity (Wildman–Crippen MR) is 102 cm³/mol. The second-order valence-corrected chi connectivity index (χ2v) is 8.16. The summed E-state index contributed by atoms with van der Waals surface area (Å²) in [6, 6.07) is 11.6. The fraction of sp³-hybridized carbons (Fsp3) is 0.176. The van der Waals surface area contributed by atoms with Crippen molar-refractivity contribution in [2.75, 3.05) is 18.9 Å². The molecule has 8 nitrogen and oxygen atoms in total. The molecule has 27 heavy (non-hydrogen) atoms. The molecule has 0 spiro atoms. The quantitative estimate of drug-likeness (QED) is 0.644. The summed E-state index contributed by atoms with van der Waals surface area (Å²) in [6.07, 6.45) is 1.62. The minimum absolute atomic E-state index is 0.00175. The zero-order valence-electron chi connectivity index (χ0n) is 14.9. The van der Waals surface area contributed by atoms with Crippen molar-refractivity contribution >= 4 is 27.5 Å². The lowest BCUT2D eigenvalue weighted by atomic mass is 10.3. The molecule has 1 heterocycles. The molecule has 0 saturated heterocycles. The fourth-order valence-electron chi connectivity index (χ4n) is 2.27. The van der Waals surface area contributed by atoms with Crippen LogP contribution in [0.15, 0.2) is 63.7 Å². The van der Waals surface area contributed by atoms with Gasteiger partial charge in [0.25, 0.3) is 10.0 Å². The molecular weight excluding hydrogens is 388 g/mol. The topological polar surface area (TPSA) is 95.3 Å². The number of hydrogen-bond acceptors (Lipinski definition) is 7. The van der Waals surface area contributed by atoms with E-state index in [1.54, 1.807) is 47.3 Å². The van der Waals surface area contributed by atoms with Crippen LogP contribution in [0.4, 0.5) is 5.69 Å². The Bertz CT molecular complexity index is 1030. The maximum atomic E-state index is 12.8. The smallest absolute Gasteiger partial charge is 0.265 e. The number of methoxy groups -OCH3 is 2. The predicted octanol–water partition coefficient (Wildman–Crippen LogP) is 2.78. The molecule has 0 amide bonds. The van der Waals surface area contributed by atoms with Crippen molar-refractivity contribution < 1.29 is 17.9 Å². The van der Waals surface area contributed by atoms with Gasteiger partial charge in [-0.05, 0) is 48.2 Å². The van der Waals surface area contributed by atoms with Crippen molar-refractivity contribution in [2.45, 2.75) is 14.9 Å². The van der Waals surface area contributed by atoms with Gasteiger partial charge in [0.15, 0.2) is 5.16 Å². The number of aryl methyl sites for hydroxylation is 1. The second-order valence-electron chi connectivity index (χ2n) is 5.47. The zero-order chi connectivity index (χ0) is 19.4. The van der Waals surface area contributed by atoms with Gasteiger partial charge in [-0.2, -0.15) is 0 Å². The molecule has 1 aromatic heterocycles. The van der Waals surface area contributed by atoms with E-state index in [0.29, 0.717) is 11.4 Å². The van der Waals surface area contributed by atoms with E-state index in [2.05, 4.69) is 14.9 Å². The largest absolute Gasteiger partial charge is 0.497 e. The molecule has 3 rings (SSSR count). The van der Waals surface area contributed by atoms with Crippen LogP contribution in [-0.4, -0.2) is 37.4 Å². The number of hydrogen-bond donors (Lipinski definition) is 1. The van der Waals surface area contributed by atoms with Gasteiger partial charge in [0.1, 0.15) is 22.7 Å². The molecule has 10 heteroatoms. The summed E-state index contributed by atoms with van der Waals surface area (Å²) in [4.78, 5) is 0.912. The molecule has 0 bridgehead atoms. The maximum absolute atomic E-state index is 12.8. The van der Waals surface area contributed by atoms with Crippen LogP contribution in [0, 0.1) is 0 Å². The van der Waals surface area contributed by atoms with Crippen LogP contribution in [0.3, 0.4) is 0 Å². The molecule has 2 aromatic carbocycles. The van der Waals surface area contributed by atoms with Crippen LogP contribution in [0.1, 0.15) is 0 Å². The van der Waals surface area contributed by atoms with E-state index in [1.165, 1.54) is 32.0 Å². The van der Waals surface area contributed by atoms with Gasteiger partial charge in [0.05, 0.1) is 14.2 Å².